The van der Waals surface area contributed by atoms with Crippen molar-refractivity contribution in [3.8, 4) is 0 Å². The van der Waals surface area contributed by atoms with E-state index in [9.17, 15) is 14.9 Å². The molecule has 98 valence electrons. The number of nitrogens with zero attached hydrogens (tertiary/aromatic N) is 4. The van der Waals surface area contributed by atoms with Gasteiger partial charge in [-0.05, 0) is 22.0 Å². The topological polar surface area (TPSA) is 129 Å². The van der Waals surface area contributed by atoms with E-state index in [2.05, 4.69) is 9.97 Å². The molecule has 0 aromatic carbocycles. The highest BCUT2D eigenvalue weighted by molar-refractivity contribution is 5.93. The molecule has 0 unspecified atom stereocenters. The van der Waals surface area contributed by atoms with Crippen LogP contribution in [0.15, 0.2) is 30.9 Å². The summed E-state index contributed by atoms with van der Waals surface area (Å²) in [5.41, 5.74) is 2.97. The molecular weight excluding hydrogens is 252 g/mol. The molecule has 0 saturated heterocycles. The molecular formula is C10H10N6O3. The lowest BCUT2D eigenvalue weighted by atomic mass is 10.2. The van der Waals surface area contributed by atoms with Gasteiger partial charge in [0, 0.05) is 6.20 Å². The number of aromatic nitrogens is 3. The van der Waals surface area contributed by atoms with Crippen molar-refractivity contribution in [2.75, 3.05) is 0 Å². The standard InChI is InChI=1S/C10H10N6O3/c11-14-10(17)7-1-2-8(12-3-7)4-15-5-9(13-6-15)16(18)19/h1-3,5-6H,4,11H2,(H,14,17). The number of pyridine rings is 1. The predicted molar refractivity (Wildman–Crippen MR) is 63.9 cm³/mol. The minimum Gasteiger partial charge on any atom is -0.358 e. The van der Waals surface area contributed by atoms with E-state index >= 15 is 0 Å². The van der Waals surface area contributed by atoms with E-state index in [-0.39, 0.29) is 5.82 Å². The number of nitrogens with one attached hydrogen (secondary N) is 1. The molecule has 2 aromatic heterocycles. The lowest BCUT2D eigenvalue weighted by molar-refractivity contribution is -0.389. The van der Waals surface area contributed by atoms with Gasteiger partial charge in [0.25, 0.3) is 5.91 Å². The molecule has 2 aromatic rings. The molecule has 0 radical (unpaired) electrons. The maximum atomic E-state index is 11.2. The zero-order chi connectivity index (χ0) is 13.8. The van der Waals surface area contributed by atoms with Crippen LogP contribution in [0.2, 0.25) is 0 Å². The number of nitrogen functional groups attached to an aromatic ring is 1. The summed E-state index contributed by atoms with van der Waals surface area (Å²) in [4.78, 5) is 28.8. The first-order valence-corrected chi connectivity index (χ1v) is 5.22. The van der Waals surface area contributed by atoms with Gasteiger partial charge in [-0.25, -0.2) is 5.84 Å². The SMILES string of the molecule is NNC(=O)c1ccc(Cn2cnc([N+](=O)[O-])c2)nc1. The van der Waals surface area contributed by atoms with Crippen LogP contribution in [-0.4, -0.2) is 25.4 Å². The van der Waals surface area contributed by atoms with E-state index in [1.165, 1.54) is 23.3 Å². The third kappa shape index (κ3) is 2.90. The van der Waals surface area contributed by atoms with Crippen LogP contribution in [0.25, 0.3) is 0 Å². The zero-order valence-corrected chi connectivity index (χ0v) is 9.68. The molecule has 0 aliphatic rings. The van der Waals surface area contributed by atoms with Crippen LogP contribution < -0.4 is 11.3 Å². The van der Waals surface area contributed by atoms with Crippen LogP contribution in [-0.2, 0) is 6.54 Å². The molecule has 9 heteroatoms. The summed E-state index contributed by atoms with van der Waals surface area (Å²) in [6.07, 6.45) is 4.03. The summed E-state index contributed by atoms with van der Waals surface area (Å²) in [5, 5.41) is 10.5. The third-order valence-corrected chi connectivity index (χ3v) is 2.37. The summed E-state index contributed by atoms with van der Waals surface area (Å²) < 4.78 is 1.53. The molecule has 0 saturated carbocycles. The van der Waals surface area contributed by atoms with Crippen molar-refractivity contribution >= 4 is 11.7 Å². The Bertz CT molecular complexity index is 606. The number of rotatable bonds is 4. The largest absolute Gasteiger partial charge is 0.381 e. The quantitative estimate of drug-likeness (QED) is 0.341. The van der Waals surface area contributed by atoms with Gasteiger partial charge in [-0.1, -0.05) is 0 Å². The summed E-state index contributed by atoms with van der Waals surface area (Å²) in [6, 6.07) is 3.20. The van der Waals surface area contributed by atoms with Gasteiger partial charge < -0.3 is 14.7 Å². The summed E-state index contributed by atoms with van der Waals surface area (Å²) in [5.74, 6) is 4.34. The van der Waals surface area contributed by atoms with E-state index in [1.807, 2.05) is 5.43 Å². The Balaban J connectivity index is 2.10. The Morgan fingerprint density at radius 2 is 2.26 bits per heavy atom. The number of hydrazine groups is 1. The van der Waals surface area contributed by atoms with Crippen molar-refractivity contribution < 1.29 is 9.72 Å². The highest BCUT2D eigenvalue weighted by Gasteiger charge is 2.10. The van der Waals surface area contributed by atoms with Gasteiger partial charge in [0.2, 0.25) is 6.33 Å². The lowest BCUT2D eigenvalue weighted by Gasteiger charge is -2.02. The third-order valence-electron chi connectivity index (χ3n) is 2.37. The normalized spacial score (nSPS) is 10.2. The summed E-state index contributed by atoms with van der Waals surface area (Å²) >= 11 is 0. The monoisotopic (exact) mass is 262 g/mol. The van der Waals surface area contributed by atoms with E-state index in [4.69, 9.17) is 5.84 Å². The van der Waals surface area contributed by atoms with Crippen LogP contribution in [0, 0.1) is 10.1 Å². The molecule has 0 aliphatic heterocycles. The van der Waals surface area contributed by atoms with Crippen LogP contribution in [0.5, 0.6) is 0 Å². The van der Waals surface area contributed by atoms with Crippen molar-refractivity contribution in [2.45, 2.75) is 6.54 Å². The molecule has 3 N–H and O–H groups in total. The lowest BCUT2D eigenvalue weighted by Crippen LogP contribution is -2.30. The van der Waals surface area contributed by atoms with Gasteiger partial charge in [-0.3, -0.25) is 15.2 Å². The molecule has 0 aliphatic carbocycles. The van der Waals surface area contributed by atoms with E-state index in [1.54, 1.807) is 12.1 Å². The van der Waals surface area contributed by atoms with E-state index < -0.39 is 10.8 Å². The molecule has 19 heavy (non-hydrogen) atoms. The van der Waals surface area contributed by atoms with Gasteiger partial charge in [-0.15, -0.1) is 0 Å². The Labute approximate surface area is 107 Å². The second-order valence-corrected chi connectivity index (χ2v) is 3.67. The molecule has 0 bridgehead atoms. The minimum absolute atomic E-state index is 0.223. The van der Waals surface area contributed by atoms with Crippen molar-refractivity contribution in [3.63, 3.8) is 0 Å². The fourth-order valence-corrected chi connectivity index (χ4v) is 1.45. The maximum absolute atomic E-state index is 11.2. The number of nitrogens with two attached hydrogens (primary N) is 1. The molecule has 0 atom stereocenters. The summed E-state index contributed by atoms with van der Waals surface area (Å²) in [7, 11) is 0. The van der Waals surface area contributed by atoms with Gasteiger partial charge in [0.1, 0.15) is 6.20 Å². The van der Waals surface area contributed by atoms with Gasteiger partial charge in [0.15, 0.2) is 0 Å². The number of carbonyl (C=O) groups excluding carboxylic acids is 1. The molecule has 2 rings (SSSR count). The molecule has 1 amide bonds. The first-order valence-electron chi connectivity index (χ1n) is 5.22. The van der Waals surface area contributed by atoms with E-state index in [0.29, 0.717) is 17.8 Å². The smallest absolute Gasteiger partial charge is 0.358 e. The van der Waals surface area contributed by atoms with Gasteiger partial charge >= 0.3 is 5.82 Å². The Kier molecular flexibility index (Phi) is 3.48. The Hall–Kier alpha value is -2.81. The van der Waals surface area contributed by atoms with Gasteiger partial charge in [0.05, 0.1) is 17.8 Å². The molecule has 0 spiro atoms. The Morgan fingerprint density at radius 3 is 2.79 bits per heavy atom. The molecule has 0 fully saturated rings. The molecule has 2 heterocycles. The highest BCUT2D eigenvalue weighted by Crippen LogP contribution is 2.08. The number of amides is 1. The maximum Gasteiger partial charge on any atom is 0.381 e. The second-order valence-electron chi connectivity index (χ2n) is 3.67. The highest BCUT2D eigenvalue weighted by atomic mass is 16.6. The first kappa shape index (κ1) is 12.6. The van der Waals surface area contributed by atoms with Crippen molar-refractivity contribution in [1.29, 1.82) is 0 Å². The van der Waals surface area contributed by atoms with Crippen LogP contribution in [0.4, 0.5) is 5.82 Å². The number of hydrogen-bond acceptors (Lipinski definition) is 6. The minimum atomic E-state index is -0.571. The van der Waals surface area contributed by atoms with Crippen molar-refractivity contribution in [2.24, 2.45) is 5.84 Å². The van der Waals surface area contributed by atoms with Crippen LogP contribution in [0.3, 0.4) is 0 Å². The van der Waals surface area contributed by atoms with Crippen molar-refractivity contribution in [3.05, 3.63) is 52.2 Å². The fraction of sp³-hybridized carbons (Fsp3) is 0.100. The van der Waals surface area contributed by atoms with Crippen LogP contribution >= 0.6 is 0 Å². The average molecular weight is 262 g/mol. The summed E-state index contributed by atoms with van der Waals surface area (Å²) in [6.45, 7) is 0.325. The average Bonchev–Trinajstić information content (AvgIpc) is 2.87. The van der Waals surface area contributed by atoms with Gasteiger partial charge in [-0.2, -0.15) is 0 Å². The number of hydrogen-bond donors (Lipinski definition) is 2. The zero-order valence-electron chi connectivity index (χ0n) is 9.68. The van der Waals surface area contributed by atoms with Crippen LogP contribution in [0.1, 0.15) is 16.1 Å². The predicted octanol–water partition coefficient (Wildman–Crippen LogP) is -0.162. The first-order chi connectivity index (χ1) is 9.10. The second kappa shape index (κ2) is 5.23. The number of imidazole rings is 1. The molecule has 9 nitrogen and oxygen atoms in total. The Morgan fingerprint density at radius 1 is 1.47 bits per heavy atom. The number of nitro groups is 1. The fourth-order valence-electron chi connectivity index (χ4n) is 1.45. The number of carbonyl (C=O) groups is 1. The van der Waals surface area contributed by atoms with E-state index in [0.717, 1.165) is 0 Å². The van der Waals surface area contributed by atoms with Crippen molar-refractivity contribution in [1.82, 2.24) is 20.0 Å².